The van der Waals surface area contributed by atoms with E-state index in [0.717, 1.165) is 42.5 Å². The van der Waals surface area contributed by atoms with Gasteiger partial charge in [-0.3, -0.25) is 4.79 Å². The van der Waals surface area contributed by atoms with Crippen LogP contribution in [-0.4, -0.2) is 28.5 Å². The highest BCUT2D eigenvalue weighted by Crippen LogP contribution is 2.28. The van der Waals surface area contributed by atoms with Gasteiger partial charge in [0.05, 0.1) is 18.0 Å². The van der Waals surface area contributed by atoms with Gasteiger partial charge < -0.3 is 10.1 Å². The van der Waals surface area contributed by atoms with Gasteiger partial charge in [0.15, 0.2) is 5.82 Å². The number of ether oxygens (including phenoxy) is 1. The highest BCUT2D eigenvalue weighted by molar-refractivity contribution is 6.32. The lowest BCUT2D eigenvalue weighted by molar-refractivity contribution is -0.0271. The highest BCUT2D eigenvalue weighted by atomic mass is 35.5. The Labute approximate surface area is 167 Å². The van der Waals surface area contributed by atoms with E-state index in [0.29, 0.717) is 24.3 Å². The molecule has 1 N–H and O–H groups in total. The summed E-state index contributed by atoms with van der Waals surface area (Å²) in [4.78, 5) is 12.6. The molecule has 1 aromatic heterocycles. The van der Waals surface area contributed by atoms with Gasteiger partial charge in [0.1, 0.15) is 16.5 Å². The fourth-order valence-corrected chi connectivity index (χ4v) is 3.86. The van der Waals surface area contributed by atoms with E-state index >= 15 is 0 Å². The molecule has 1 fully saturated rings. The van der Waals surface area contributed by atoms with E-state index in [4.69, 9.17) is 16.3 Å². The first kappa shape index (κ1) is 20.7. The summed E-state index contributed by atoms with van der Waals surface area (Å²) in [7, 11) is 0. The third-order valence-electron chi connectivity index (χ3n) is 5.31. The number of nitrogens with zero attached hydrogens (tertiary/aromatic N) is 2. The number of halogens is 3. The van der Waals surface area contributed by atoms with Crippen molar-refractivity contribution in [3.63, 3.8) is 0 Å². The first-order valence-electron chi connectivity index (χ1n) is 9.56. The molecule has 0 radical (unpaired) electrons. The molecule has 1 aliphatic rings. The summed E-state index contributed by atoms with van der Waals surface area (Å²) < 4.78 is 33.9. The van der Waals surface area contributed by atoms with Gasteiger partial charge in [0, 0.05) is 18.7 Å². The fourth-order valence-electron chi connectivity index (χ4n) is 3.68. The van der Waals surface area contributed by atoms with Gasteiger partial charge in [-0.05, 0) is 30.9 Å². The first-order valence-corrected chi connectivity index (χ1v) is 9.93. The monoisotopic (exact) mass is 411 g/mol. The molecule has 5 nitrogen and oxygen atoms in total. The average Bonchev–Trinajstić information content (AvgIpc) is 2.68. The minimum Gasteiger partial charge on any atom is -0.379 e. The van der Waals surface area contributed by atoms with Crippen LogP contribution < -0.4 is 10.9 Å². The summed E-state index contributed by atoms with van der Waals surface area (Å²) in [6.45, 7) is 4.95. The lowest BCUT2D eigenvalue weighted by atomic mass is 9.89. The van der Waals surface area contributed by atoms with Crippen molar-refractivity contribution in [2.45, 2.75) is 51.7 Å². The Kier molecular flexibility index (Phi) is 6.67. The summed E-state index contributed by atoms with van der Waals surface area (Å²) in [6.07, 6.45) is 5.28. The third-order valence-corrected chi connectivity index (χ3v) is 5.67. The second-order valence-corrected chi connectivity index (χ2v) is 7.41. The molecule has 2 unspecified atom stereocenters. The Balaban J connectivity index is 1.80. The van der Waals surface area contributed by atoms with Crippen molar-refractivity contribution >= 4 is 17.3 Å². The average molecular weight is 412 g/mol. The quantitative estimate of drug-likeness (QED) is 0.757. The molecular weight excluding hydrogens is 388 g/mol. The van der Waals surface area contributed by atoms with Crippen LogP contribution >= 0.6 is 11.6 Å². The molecule has 1 aliphatic heterocycles. The van der Waals surface area contributed by atoms with E-state index in [1.807, 2.05) is 0 Å². The minimum atomic E-state index is -0.885. The molecule has 2 heterocycles. The Bertz CT molecular complexity index is 886. The lowest BCUT2D eigenvalue weighted by Crippen LogP contribution is -2.38. The van der Waals surface area contributed by atoms with Crippen molar-refractivity contribution in [1.82, 2.24) is 9.78 Å². The number of hydrogen-bond donors (Lipinski definition) is 1. The van der Waals surface area contributed by atoms with Crippen LogP contribution in [0.1, 0.15) is 39.5 Å². The van der Waals surface area contributed by atoms with Crippen LogP contribution in [0.4, 0.5) is 14.5 Å². The summed E-state index contributed by atoms with van der Waals surface area (Å²) in [5, 5.41) is 7.22. The van der Waals surface area contributed by atoms with Crippen molar-refractivity contribution in [2.75, 3.05) is 11.9 Å². The number of hydrogen-bond acceptors (Lipinski definition) is 4. The van der Waals surface area contributed by atoms with Crippen LogP contribution in [0.3, 0.4) is 0 Å². The standard InChI is InChI=1S/C20H24ClF2N3O2/c1-3-12(4-2)18-10-14(7-8-28-18)25-16-11-24-26(20(27)19(16)21)17-6-5-13(22)9-15(17)23/h5-6,9,11-12,14,18,25H,3-4,7-8,10H2,1-2H3. The van der Waals surface area contributed by atoms with Crippen LogP contribution in [0.5, 0.6) is 0 Å². The summed E-state index contributed by atoms with van der Waals surface area (Å²) in [5.74, 6) is -1.12. The van der Waals surface area contributed by atoms with E-state index in [1.54, 1.807) is 0 Å². The molecule has 0 spiro atoms. The van der Waals surface area contributed by atoms with Gasteiger partial charge in [-0.25, -0.2) is 8.78 Å². The largest absolute Gasteiger partial charge is 0.379 e. The maximum absolute atomic E-state index is 14.0. The summed E-state index contributed by atoms with van der Waals surface area (Å²) >= 11 is 6.24. The molecule has 8 heteroatoms. The fraction of sp³-hybridized carbons (Fsp3) is 0.500. The van der Waals surface area contributed by atoms with Gasteiger partial charge in [0.25, 0.3) is 5.56 Å². The van der Waals surface area contributed by atoms with Crippen LogP contribution in [0, 0.1) is 17.6 Å². The Morgan fingerprint density at radius 2 is 2.11 bits per heavy atom. The number of nitrogens with one attached hydrogen (secondary N) is 1. The molecule has 0 bridgehead atoms. The van der Waals surface area contributed by atoms with Gasteiger partial charge in [-0.2, -0.15) is 9.78 Å². The maximum Gasteiger partial charge on any atom is 0.292 e. The molecule has 1 aromatic carbocycles. The zero-order valence-corrected chi connectivity index (χ0v) is 16.7. The smallest absolute Gasteiger partial charge is 0.292 e. The van der Waals surface area contributed by atoms with Crippen molar-refractivity contribution in [3.05, 3.63) is 51.4 Å². The Hall–Kier alpha value is -1.99. The van der Waals surface area contributed by atoms with E-state index in [-0.39, 0.29) is 22.9 Å². The topological polar surface area (TPSA) is 56.2 Å². The predicted molar refractivity (Wildman–Crippen MR) is 105 cm³/mol. The second-order valence-electron chi connectivity index (χ2n) is 7.04. The number of aromatic nitrogens is 2. The molecule has 152 valence electrons. The lowest BCUT2D eigenvalue weighted by Gasteiger charge is -2.35. The Morgan fingerprint density at radius 3 is 2.79 bits per heavy atom. The van der Waals surface area contributed by atoms with E-state index in [1.165, 1.54) is 6.20 Å². The molecule has 0 aliphatic carbocycles. The first-order chi connectivity index (χ1) is 13.4. The normalized spacial score (nSPS) is 19.8. The van der Waals surface area contributed by atoms with Crippen molar-refractivity contribution in [1.29, 1.82) is 0 Å². The van der Waals surface area contributed by atoms with Crippen LogP contribution in [0.2, 0.25) is 5.02 Å². The number of benzene rings is 1. The highest BCUT2D eigenvalue weighted by Gasteiger charge is 2.28. The van der Waals surface area contributed by atoms with E-state index in [2.05, 4.69) is 24.3 Å². The Morgan fingerprint density at radius 1 is 1.36 bits per heavy atom. The molecule has 0 saturated carbocycles. The van der Waals surface area contributed by atoms with E-state index in [9.17, 15) is 13.6 Å². The summed E-state index contributed by atoms with van der Waals surface area (Å²) in [5.41, 5.74) is -0.416. The molecular formula is C20H24ClF2N3O2. The molecule has 3 rings (SSSR count). The van der Waals surface area contributed by atoms with Crippen molar-refractivity contribution in [3.8, 4) is 5.69 Å². The minimum absolute atomic E-state index is 0.0794. The van der Waals surface area contributed by atoms with Crippen LogP contribution in [-0.2, 0) is 4.74 Å². The third kappa shape index (κ3) is 4.36. The maximum atomic E-state index is 14.0. The molecule has 28 heavy (non-hydrogen) atoms. The van der Waals surface area contributed by atoms with Gasteiger partial charge in [-0.1, -0.05) is 38.3 Å². The summed E-state index contributed by atoms with van der Waals surface area (Å²) in [6, 6.07) is 3.02. The second kappa shape index (κ2) is 9.01. The molecule has 0 amide bonds. The van der Waals surface area contributed by atoms with Crippen molar-refractivity contribution < 1.29 is 13.5 Å². The molecule has 2 aromatic rings. The molecule has 2 atom stereocenters. The zero-order chi connectivity index (χ0) is 20.3. The zero-order valence-electron chi connectivity index (χ0n) is 15.9. The number of rotatable bonds is 6. The SMILES string of the molecule is CCC(CC)C1CC(Nc2cnn(-c3ccc(F)cc3F)c(=O)c2Cl)CCO1. The van der Waals surface area contributed by atoms with Gasteiger partial charge in [0.2, 0.25) is 0 Å². The van der Waals surface area contributed by atoms with Crippen LogP contribution in [0.25, 0.3) is 5.69 Å². The van der Waals surface area contributed by atoms with E-state index < -0.39 is 17.2 Å². The predicted octanol–water partition coefficient (Wildman–Crippen LogP) is 4.56. The van der Waals surface area contributed by atoms with Crippen molar-refractivity contribution in [2.24, 2.45) is 5.92 Å². The van der Waals surface area contributed by atoms with Crippen LogP contribution in [0.15, 0.2) is 29.2 Å². The number of anilines is 1. The molecule has 1 saturated heterocycles. The van der Waals surface area contributed by atoms with Gasteiger partial charge >= 0.3 is 0 Å². The van der Waals surface area contributed by atoms with Gasteiger partial charge in [-0.15, -0.1) is 0 Å².